The predicted molar refractivity (Wildman–Crippen MR) is 66.1 cm³/mol. The van der Waals surface area contributed by atoms with Crippen LogP contribution in [-0.2, 0) is 4.79 Å². The molecule has 1 saturated carbocycles. The third kappa shape index (κ3) is 1.37. The molecule has 5 heteroatoms. The molecule has 1 aliphatic heterocycles. The highest BCUT2D eigenvalue weighted by Crippen LogP contribution is 2.50. The molecule has 4 rings (SSSR count). The molecule has 0 spiro atoms. The van der Waals surface area contributed by atoms with Crippen LogP contribution in [-0.4, -0.2) is 16.9 Å². The smallest absolute Gasteiger partial charge is 0.274 e. The lowest BCUT2D eigenvalue weighted by Gasteiger charge is -2.06. The van der Waals surface area contributed by atoms with E-state index in [1.807, 2.05) is 12.1 Å². The minimum absolute atomic E-state index is 0.142. The normalized spacial score (nSPS) is 27.2. The minimum atomic E-state index is -0.142. The standard InChI is InChI=1S/C13H12N4O/c18-13(15-10-3-1-2-4-14-10)12-9-6-7-5-8(7)11(9)16-17-12/h1-4,6,8,11,16-17H,5H2,(H,14,15,18). The van der Waals surface area contributed by atoms with Crippen molar-refractivity contribution in [3.05, 3.63) is 47.3 Å². The predicted octanol–water partition coefficient (Wildman–Crippen LogP) is 0.710. The van der Waals surface area contributed by atoms with Gasteiger partial charge in [0.05, 0.1) is 6.04 Å². The van der Waals surface area contributed by atoms with Crippen molar-refractivity contribution < 1.29 is 4.79 Å². The molecule has 0 radical (unpaired) electrons. The van der Waals surface area contributed by atoms with Gasteiger partial charge in [0.25, 0.3) is 5.91 Å². The van der Waals surface area contributed by atoms with Crippen LogP contribution in [0.3, 0.4) is 0 Å². The number of rotatable bonds is 2. The molecule has 0 saturated heterocycles. The first-order valence-electron chi connectivity index (χ1n) is 6.01. The second kappa shape index (κ2) is 3.43. The number of aromatic nitrogens is 1. The molecule has 1 fully saturated rings. The molecule has 2 heterocycles. The van der Waals surface area contributed by atoms with E-state index in [1.165, 1.54) is 5.57 Å². The number of pyridine rings is 1. The summed E-state index contributed by atoms with van der Waals surface area (Å²) in [6.07, 6.45) is 4.96. The summed E-state index contributed by atoms with van der Waals surface area (Å²) in [5.74, 6) is 1.03. The molecule has 2 unspecified atom stereocenters. The van der Waals surface area contributed by atoms with Gasteiger partial charge in [-0.2, -0.15) is 0 Å². The number of hydrogen-bond donors (Lipinski definition) is 3. The maximum absolute atomic E-state index is 12.1. The average molecular weight is 240 g/mol. The Labute approximate surface area is 104 Å². The Bertz CT molecular complexity index is 590. The molecule has 1 aromatic rings. The van der Waals surface area contributed by atoms with Gasteiger partial charge >= 0.3 is 0 Å². The number of hydrogen-bond acceptors (Lipinski definition) is 4. The number of hydrazine groups is 1. The molecule has 2 atom stereocenters. The van der Waals surface area contributed by atoms with Crippen molar-refractivity contribution in [3.63, 3.8) is 0 Å². The highest BCUT2D eigenvalue weighted by molar-refractivity contribution is 6.04. The van der Waals surface area contributed by atoms with E-state index in [0.29, 0.717) is 17.4 Å². The van der Waals surface area contributed by atoms with Gasteiger partial charge in [-0.3, -0.25) is 4.79 Å². The summed E-state index contributed by atoms with van der Waals surface area (Å²) in [5.41, 5.74) is 9.30. The number of anilines is 1. The van der Waals surface area contributed by atoms with Crippen molar-refractivity contribution in [2.24, 2.45) is 5.92 Å². The van der Waals surface area contributed by atoms with Crippen molar-refractivity contribution in [2.45, 2.75) is 12.5 Å². The number of fused-ring (bicyclic) bond motifs is 3. The molecule has 18 heavy (non-hydrogen) atoms. The molecule has 5 nitrogen and oxygen atoms in total. The van der Waals surface area contributed by atoms with E-state index in [1.54, 1.807) is 12.3 Å². The summed E-state index contributed by atoms with van der Waals surface area (Å²) in [6, 6.07) is 5.71. The molecule has 90 valence electrons. The largest absolute Gasteiger partial charge is 0.316 e. The van der Waals surface area contributed by atoms with Gasteiger partial charge in [-0.25, -0.2) is 10.4 Å². The molecule has 0 bridgehead atoms. The molecule has 3 N–H and O–H groups in total. The summed E-state index contributed by atoms with van der Waals surface area (Å²) >= 11 is 0. The number of nitrogens with zero attached hydrogens (tertiary/aromatic N) is 1. The highest BCUT2D eigenvalue weighted by atomic mass is 16.2. The Morgan fingerprint density at radius 3 is 3.22 bits per heavy atom. The number of amides is 1. The number of carbonyl (C=O) groups is 1. The first-order valence-corrected chi connectivity index (χ1v) is 6.01. The van der Waals surface area contributed by atoms with Gasteiger partial charge in [0.1, 0.15) is 11.5 Å². The number of carbonyl (C=O) groups excluding carboxylic acids is 1. The molecule has 2 aliphatic carbocycles. The van der Waals surface area contributed by atoms with Gasteiger partial charge in [-0.15, -0.1) is 0 Å². The van der Waals surface area contributed by atoms with Crippen LogP contribution in [0, 0.1) is 5.92 Å². The van der Waals surface area contributed by atoms with Crippen LogP contribution < -0.4 is 16.2 Å². The lowest BCUT2D eigenvalue weighted by molar-refractivity contribution is -0.113. The fraction of sp³-hybridized carbons (Fsp3) is 0.231. The molecule has 3 aliphatic rings. The van der Waals surface area contributed by atoms with E-state index in [9.17, 15) is 4.79 Å². The van der Waals surface area contributed by atoms with E-state index >= 15 is 0 Å². The molecular formula is C13H12N4O. The van der Waals surface area contributed by atoms with Crippen LogP contribution >= 0.6 is 0 Å². The average Bonchev–Trinajstić information content (AvgIpc) is 2.86. The van der Waals surface area contributed by atoms with Crippen LogP contribution in [0.15, 0.2) is 47.3 Å². The van der Waals surface area contributed by atoms with Crippen molar-refractivity contribution in [3.8, 4) is 0 Å². The van der Waals surface area contributed by atoms with Gasteiger partial charge < -0.3 is 10.7 Å². The quantitative estimate of drug-likeness (QED) is 0.712. The summed E-state index contributed by atoms with van der Waals surface area (Å²) < 4.78 is 0. The van der Waals surface area contributed by atoms with E-state index < -0.39 is 0 Å². The topological polar surface area (TPSA) is 66.0 Å². The van der Waals surface area contributed by atoms with Crippen LogP contribution in [0.1, 0.15) is 6.42 Å². The monoisotopic (exact) mass is 240 g/mol. The van der Waals surface area contributed by atoms with Crippen molar-refractivity contribution in [1.29, 1.82) is 0 Å². The van der Waals surface area contributed by atoms with E-state index in [0.717, 1.165) is 12.0 Å². The second-order valence-corrected chi connectivity index (χ2v) is 4.78. The Morgan fingerprint density at radius 2 is 2.39 bits per heavy atom. The van der Waals surface area contributed by atoms with Gasteiger partial charge in [-0.05, 0) is 18.6 Å². The van der Waals surface area contributed by atoms with Crippen molar-refractivity contribution in [2.75, 3.05) is 5.32 Å². The zero-order chi connectivity index (χ0) is 12.1. The summed E-state index contributed by atoms with van der Waals surface area (Å²) in [7, 11) is 0. The van der Waals surface area contributed by atoms with Crippen LogP contribution in [0.5, 0.6) is 0 Å². The second-order valence-electron chi connectivity index (χ2n) is 4.78. The maximum Gasteiger partial charge on any atom is 0.274 e. The number of nitrogens with one attached hydrogen (secondary N) is 3. The van der Waals surface area contributed by atoms with Crippen LogP contribution in [0.25, 0.3) is 0 Å². The Kier molecular flexibility index (Phi) is 1.87. The van der Waals surface area contributed by atoms with Gasteiger partial charge in [-0.1, -0.05) is 17.7 Å². The molecule has 0 aromatic carbocycles. The molecule has 1 aromatic heterocycles. The highest BCUT2D eigenvalue weighted by Gasteiger charge is 2.48. The lowest BCUT2D eigenvalue weighted by Crippen LogP contribution is -2.35. The Balaban J connectivity index is 1.59. The fourth-order valence-corrected chi connectivity index (χ4v) is 2.63. The Hall–Kier alpha value is -2.14. The van der Waals surface area contributed by atoms with Gasteiger partial charge in [0, 0.05) is 17.7 Å². The zero-order valence-electron chi connectivity index (χ0n) is 9.60. The lowest BCUT2D eigenvalue weighted by atomic mass is 10.1. The fourth-order valence-electron chi connectivity index (χ4n) is 2.63. The first kappa shape index (κ1) is 9.85. The van der Waals surface area contributed by atoms with Crippen LogP contribution in [0.2, 0.25) is 0 Å². The minimum Gasteiger partial charge on any atom is -0.316 e. The molecule has 1 amide bonds. The van der Waals surface area contributed by atoms with Gasteiger partial charge in [0.15, 0.2) is 0 Å². The van der Waals surface area contributed by atoms with E-state index in [-0.39, 0.29) is 11.9 Å². The van der Waals surface area contributed by atoms with Crippen molar-refractivity contribution >= 4 is 11.7 Å². The third-order valence-corrected chi connectivity index (χ3v) is 3.62. The van der Waals surface area contributed by atoms with Crippen molar-refractivity contribution in [1.82, 2.24) is 15.8 Å². The summed E-state index contributed by atoms with van der Waals surface area (Å²) in [4.78, 5) is 16.2. The van der Waals surface area contributed by atoms with E-state index in [4.69, 9.17) is 0 Å². The molecular weight excluding hydrogens is 228 g/mol. The summed E-state index contributed by atoms with van der Waals surface area (Å²) in [5, 5.41) is 2.79. The summed E-state index contributed by atoms with van der Waals surface area (Å²) in [6.45, 7) is 0. The van der Waals surface area contributed by atoms with E-state index in [2.05, 4.69) is 27.2 Å². The first-order chi connectivity index (χ1) is 8.83. The maximum atomic E-state index is 12.1. The van der Waals surface area contributed by atoms with Gasteiger partial charge in [0.2, 0.25) is 0 Å². The zero-order valence-corrected chi connectivity index (χ0v) is 9.60. The SMILES string of the molecule is O=C(Nc1ccccn1)C1=C2C=C3CC3C2NN1. The third-order valence-electron chi connectivity index (χ3n) is 3.62. The Morgan fingerprint density at radius 1 is 1.44 bits per heavy atom. The van der Waals surface area contributed by atoms with Crippen LogP contribution in [0.4, 0.5) is 5.82 Å².